The zero-order chi connectivity index (χ0) is 16.6. The summed E-state index contributed by atoms with van der Waals surface area (Å²) in [6.45, 7) is 1.82. The number of fused-ring (bicyclic) bond motifs is 1. The van der Waals surface area contributed by atoms with Gasteiger partial charge in [-0.05, 0) is 47.7 Å². The van der Waals surface area contributed by atoms with Crippen molar-refractivity contribution in [3.63, 3.8) is 0 Å². The molecule has 2 aromatic rings. The van der Waals surface area contributed by atoms with Crippen molar-refractivity contribution in [3.8, 4) is 5.75 Å². The number of carbonyl (C=O) groups excluding carboxylic acids is 1. The second-order valence-electron chi connectivity index (χ2n) is 4.97. The first-order chi connectivity index (χ1) is 11.1. The molecular formula is C15H15IN4O3. The number of anilines is 1. The van der Waals surface area contributed by atoms with Crippen molar-refractivity contribution in [2.45, 2.75) is 13.0 Å². The molecule has 0 radical (unpaired) electrons. The van der Waals surface area contributed by atoms with E-state index in [0.717, 1.165) is 9.13 Å². The first-order valence-corrected chi connectivity index (χ1v) is 7.93. The van der Waals surface area contributed by atoms with Gasteiger partial charge in [-0.3, -0.25) is 0 Å². The highest BCUT2D eigenvalue weighted by Gasteiger charge is 2.35. The smallest absolute Gasteiger partial charge is 0.338 e. The Morgan fingerprint density at radius 2 is 2.17 bits per heavy atom. The van der Waals surface area contributed by atoms with Crippen molar-refractivity contribution in [1.82, 2.24) is 14.8 Å². The number of nitrogens with zero attached hydrogens (tertiary/aromatic N) is 3. The van der Waals surface area contributed by atoms with Gasteiger partial charge in [-0.1, -0.05) is 0 Å². The molecule has 1 atom stereocenters. The van der Waals surface area contributed by atoms with Crippen LogP contribution in [0.2, 0.25) is 0 Å². The minimum Gasteiger partial charge on any atom is -0.496 e. The van der Waals surface area contributed by atoms with Gasteiger partial charge in [0.05, 0.1) is 19.8 Å². The topological polar surface area (TPSA) is 78.3 Å². The van der Waals surface area contributed by atoms with Crippen molar-refractivity contribution in [3.05, 3.63) is 44.9 Å². The molecule has 23 heavy (non-hydrogen) atoms. The highest BCUT2D eigenvalue weighted by atomic mass is 127. The molecule has 0 fully saturated rings. The zero-order valence-corrected chi connectivity index (χ0v) is 15.0. The fourth-order valence-electron chi connectivity index (χ4n) is 2.67. The van der Waals surface area contributed by atoms with Crippen molar-refractivity contribution in [2.24, 2.45) is 0 Å². The van der Waals surface area contributed by atoms with Gasteiger partial charge < -0.3 is 14.8 Å². The minimum atomic E-state index is -0.467. The van der Waals surface area contributed by atoms with Gasteiger partial charge in [-0.25, -0.2) is 9.48 Å². The number of esters is 1. The predicted octanol–water partition coefficient (Wildman–Crippen LogP) is 2.35. The van der Waals surface area contributed by atoms with E-state index >= 15 is 0 Å². The molecule has 3 rings (SSSR count). The molecule has 1 N–H and O–H groups in total. The number of nitrogens with one attached hydrogen (secondary N) is 1. The van der Waals surface area contributed by atoms with Crippen molar-refractivity contribution in [2.75, 3.05) is 19.5 Å². The number of ether oxygens (including phenoxy) is 2. The lowest BCUT2D eigenvalue weighted by atomic mass is 9.95. The second-order valence-corrected chi connectivity index (χ2v) is 6.22. The van der Waals surface area contributed by atoms with Gasteiger partial charge in [0, 0.05) is 14.8 Å². The maximum atomic E-state index is 12.4. The van der Waals surface area contributed by atoms with Gasteiger partial charge in [0.25, 0.3) is 0 Å². The summed E-state index contributed by atoms with van der Waals surface area (Å²) in [5.41, 5.74) is 1.99. The van der Waals surface area contributed by atoms with Crippen LogP contribution in [0.5, 0.6) is 5.75 Å². The normalized spacial score (nSPS) is 16.6. The quantitative estimate of drug-likeness (QED) is 0.600. The Bertz CT molecular complexity index is 800. The lowest BCUT2D eigenvalue weighted by Gasteiger charge is -2.28. The van der Waals surface area contributed by atoms with E-state index in [1.807, 2.05) is 25.1 Å². The lowest BCUT2D eigenvalue weighted by molar-refractivity contribution is -0.136. The molecule has 0 bridgehead atoms. The van der Waals surface area contributed by atoms with Crippen LogP contribution < -0.4 is 10.1 Å². The van der Waals surface area contributed by atoms with E-state index in [1.165, 1.54) is 13.4 Å². The minimum absolute atomic E-state index is 0.415. The number of benzene rings is 1. The molecule has 7 nitrogen and oxygen atoms in total. The van der Waals surface area contributed by atoms with E-state index < -0.39 is 12.0 Å². The van der Waals surface area contributed by atoms with Gasteiger partial charge in [0.2, 0.25) is 5.95 Å². The second kappa shape index (κ2) is 6.19. The third kappa shape index (κ3) is 2.67. The summed E-state index contributed by atoms with van der Waals surface area (Å²) in [5.74, 6) is 0.830. The summed E-state index contributed by atoms with van der Waals surface area (Å²) < 4.78 is 13.1. The molecule has 2 heterocycles. The molecule has 120 valence electrons. The maximum absolute atomic E-state index is 12.4. The van der Waals surface area contributed by atoms with Gasteiger partial charge in [0.15, 0.2) is 0 Å². The predicted molar refractivity (Wildman–Crippen MR) is 92.2 cm³/mol. The number of rotatable bonds is 3. The Hall–Kier alpha value is -2.10. The van der Waals surface area contributed by atoms with Gasteiger partial charge in [-0.2, -0.15) is 10.1 Å². The number of hydrogen-bond acceptors (Lipinski definition) is 6. The first kappa shape index (κ1) is 15.8. The Kier molecular flexibility index (Phi) is 4.24. The Labute approximate surface area is 146 Å². The molecule has 0 saturated heterocycles. The van der Waals surface area contributed by atoms with Crippen LogP contribution in [0.4, 0.5) is 5.95 Å². The van der Waals surface area contributed by atoms with Crippen LogP contribution >= 0.6 is 22.6 Å². The molecule has 1 aromatic carbocycles. The van der Waals surface area contributed by atoms with Crippen molar-refractivity contribution in [1.29, 1.82) is 0 Å². The van der Waals surface area contributed by atoms with Gasteiger partial charge in [-0.15, -0.1) is 0 Å². The van der Waals surface area contributed by atoms with Gasteiger partial charge in [0.1, 0.15) is 18.1 Å². The third-order valence-electron chi connectivity index (χ3n) is 3.69. The molecule has 0 aliphatic carbocycles. The summed E-state index contributed by atoms with van der Waals surface area (Å²) >= 11 is 2.22. The van der Waals surface area contributed by atoms with Crippen molar-refractivity contribution < 1.29 is 14.3 Å². The van der Waals surface area contributed by atoms with Crippen LogP contribution in [0.25, 0.3) is 0 Å². The zero-order valence-electron chi connectivity index (χ0n) is 12.8. The summed E-state index contributed by atoms with van der Waals surface area (Å²) in [7, 11) is 2.96. The highest BCUT2D eigenvalue weighted by Crippen LogP contribution is 2.39. The Balaban J connectivity index is 2.26. The highest BCUT2D eigenvalue weighted by molar-refractivity contribution is 14.1. The fourth-order valence-corrected chi connectivity index (χ4v) is 3.19. The number of allylic oxidation sites excluding steroid dienone is 1. The molecular weight excluding hydrogens is 411 g/mol. The summed E-state index contributed by atoms with van der Waals surface area (Å²) in [5, 5.41) is 7.35. The van der Waals surface area contributed by atoms with Crippen LogP contribution in [-0.4, -0.2) is 35.0 Å². The number of halogens is 1. The van der Waals surface area contributed by atoms with E-state index in [9.17, 15) is 4.79 Å². The largest absolute Gasteiger partial charge is 0.496 e. The molecule has 1 aliphatic rings. The maximum Gasteiger partial charge on any atom is 0.338 e. The van der Waals surface area contributed by atoms with E-state index in [0.29, 0.717) is 23.0 Å². The molecule has 0 amide bonds. The first-order valence-electron chi connectivity index (χ1n) is 6.86. The fraction of sp³-hybridized carbons (Fsp3) is 0.267. The van der Waals surface area contributed by atoms with Crippen LogP contribution in [0.15, 0.2) is 35.8 Å². The van der Waals surface area contributed by atoms with Crippen molar-refractivity contribution >= 4 is 34.5 Å². The molecule has 0 unspecified atom stereocenters. The van der Waals surface area contributed by atoms with Crippen LogP contribution in [0.1, 0.15) is 18.5 Å². The average molecular weight is 426 g/mol. The lowest BCUT2D eigenvalue weighted by Crippen LogP contribution is -2.29. The number of carbonyl (C=O) groups is 1. The molecule has 1 aliphatic heterocycles. The summed E-state index contributed by atoms with van der Waals surface area (Å²) in [6, 6.07) is 5.32. The average Bonchev–Trinajstić information content (AvgIpc) is 3.00. The van der Waals surface area contributed by atoms with E-state index in [2.05, 4.69) is 38.0 Å². The molecule has 1 aromatic heterocycles. The van der Waals surface area contributed by atoms with E-state index in [1.54, 1.807) is 11.8 Å². The van der Waals surface area contributed by atoms with Crippen LogP contribution in [0, 0.1) is 3.57 Å². The van der Waals surface area contributed by atoms with Crippen LogP contribution in [-0.2, 0) is 9.53 Å². The number of hydrogen-bond donors (Lipinski definition) is 1. The summed E-state index contributed by atoms with van der Waals surface area (Å²) in [6.07, 6.45) is 1.45. The monoisotopic (exact) mass is 426 g/mol. The van der Waals surface area contributed by atoms with E-state index in [4.69, 9.17) is 9.47 Å². The number of methoxy groups -OCH3 is 2. The SMILES string of the molecule is COC(=O)C1=C(C)Nc2ncnn2[C@H]1c1cc(I)ccc1OC. The standard InChI is InChI=1S/C15H15IN4O3/c1-8-12(14(21)23-3)13(20-15(19-8)17-7-18-20)10-6-9(16)4-5-11(10)22-2/h4-7,13H,1-3H3,(H,17,18,19)/t13-/m0/s1. The van der Waals surface area contributed by atoms with Gasteiger partial charge >= 0.3 is 5.97 Å². The van der Waals surface area contributed by atoms with Crippen LogP contribution in [0.3, 0.4) is 0 Å². The van der Waals surface area contributed by atoms with E-state index in [-0.39, 0.29) is 0 Å². The summed E-state index contributed by atoms with van der Waals surface area (Å²) in [4.78, 5) is 16.5. The molecule has 0 saturated carbocycles. The number of aromatic nitrogens is 3. The molecule has 8 heteroatoms. The Morgan fingerprint density at radius 1 is 1.39 bits per heavy atom. The third-order valence-corrected chi connectivity index (χ3v) is 4.36. The Morgan fingerprint density at radius 3 is 2.87 bits per heavy atom. The molecule has 0 spiro atoms.